The van der Waals surface area contributed by atoms with Crippen molar-refractivity contribution in [2.45, 2.75) is 25.7 Å². The maximum atomic E-state index is 5.94. The molecule has 1 unspecified atom stereocenters. The molecule has 5 rings (SSSR count). The lowest BCUT2D eigenvalue weighted by Gasteiger charge is -2.18. The molecule has 128 valence electrons. The van der Waals surface area contributed by atoms with Gasteiger partial charge in [-0.25, -0.2) is 9.97 Å². The molecule has 25 heavy (non-hydrogen) atoms. The molecule has 1 fully saturated rings. The van der Waals surface area contributed by atoms with Gasteiger partial charge in [-0.15, -0.1) is 16.4 Å². The third kappa shape index (κ3) is 2.82. The van der Waals surface area contributed by atoms with Crippen molar-refractivity contribution in [1.82, 2.24) is 20.2 Å². The van der Waals surface area contributed by atoms with Gasteiger partial charge in [-0.2, -0.15) is 5.10 Å². The highest BCUT2D eigenvalue weighted by molar-refractivity contribution is 7.17. The van der Waals surface area contributed by atoms with E-state index < -0.39 is 0 Å². The Balaban J connectivity index is 1.24. The second-order valence-electron chi connectivity index (χ2n) is 6.75. The number of thiophene rings is 1. The molecule has 4 heterocycles. The lowest BCUT2D eigenvalue weighted by molar-refractivity contribution is 0.249. The Morgan fingerprint density at radius 1 is 1.24 bits per heavy atom. The molecule has 3 aromatic rings. The fourth-order valence-corrected chi connectivity index (χ4v) is 4.61. The normalized spacial score (nSPS) is 19.5. The van der Waals surface area contributed by atoms with Crippen molar-refractivity contribution >= 4 is 27.4 Å². The van der Waals surface area contributed by atoms with E-state index in [1.807, 2.05) is 6.07 Å². The molecule has 7 heteroatoms. The lowest BCUT2D eigenvalue weighted by Crippen LogP contribution is -2.23. The van der Waals surface area contributed by atoms with Gasteiger partial charge in [-0.1, -0.05) is 0 Å². The van der Waals surface area contributed by atoms with Crippen LogP contribution in [0.2, 0.25) is 0 Å². The largest absolute Gasteiger partial charge is 0.476 e. The number of hydrogen-bond donors (Lipinski definition) is 0. The third-order valence-electron chi connectivity index (χ3n) is 5.07. The standard InChI is InChI=1S/C18H19N5OS/c1-2-13-8-16(22-21-14(13)3-1)24-10-12-4-6-23(9-12)18-17-15(5-7-25-17)19-11-20-18/h5,7-8,11-12H,1-4,6,9-10H2. The fourth-order valence-electron chi connectivity index (χ4n) is 3.74. The van der Waals surface area contributed by atoms with E-state index in [1.54, 1.807) is 17.7 Å². The van der Waals surface area contributed by atoms with Crippen LogP contribution in [0, 0.1) is 5.92 Å². The van der Waals surface area contributed by atoms with Crippen molar-refractivity contribution in [1.29, 1.82) is 0 Å². The van der Waals surface area contributed by atoms with E-state index in [0.717, 1.165) is 49.4 Å². The number of anilines is 1. The number of hydrogen-bond acceptors (Lipinski definition) is 7. The Morgan fingerprint density at radius 2 is 2.24 bits per heavy atom. The van der Waals surface area contributed by atoms with Crippen LogP contribution < -0.4 is 9.64 Å². The monoisotopic (exact) mass is 353 g/mol. The predicted molar refractivity (Wildman–Crippen MR) is 97.3 cm³/mol. The van der Waals surface area contributed by atoms with Gasteiger partial charge in [0, 0.05) is 25.1 Å². The van der Waals surface area contributed by atoms with Gasteiger partial charge in [0.2, 0.25) is 5.88 Å². The molecule has 0 radical (unpaired) electrons. The van der Waals surface area contributed by atoms with Crippen molar-refractivity contribution < 1.29 is 4.74 Å². The second kappa shape index (κ2) is 6.22. The molecule has 0 amide bonds. The Bertz CT molecular complexity index is 911. The molecule has 0 aromatic carbocycles. The Kier molecular flexibility index (Phi) is 3.73. The van der Waals surface area contributed by atoms with Gasteiger partial charge in [0.25, 0.3) is 0 Å². The van der Waals surface area contributed by atoms with Gasteiger partial charge >= 0.3 is 0 Å². The molecular weight excluding hydrogens is 334 g/mol. The summed E-state index contributed by atoms with van der Waals surface area (Å²) < 4.78 is 7.12. The zero-order valence-corrected chi connectivity index (χ0v) is 14.7. The first-order valence-corrected chi connectivity index (χ1v) is 9.66. The van der Waals surface area contributed by atoms with Gasteiger partial charge in [0.1, 0.15) is 12.1 Å². The predicted octanol–water partition coefficient (Wildman–Crippen LogP) is 2.88. The average molecular weight is 353 g/mol. The van der Waals surface area contributed by atoms with Crippen LogP contribution in [0.1, 0.15) is 24.1 Å². The van der Waals surface area contributed by atoms with Gasteiger partial charge in [0.15, 0.2) is 0 Å². The lowest BCUT2D eigenvalue weighted by atomic mass is 10.1. The first kappa shape index (κ1) is 15.0. The van der Waals surface area contributed by atoms with Crippen LogP contribution in [-0.4, -0.2) is 39.9 Å². The van der Waals surface area contributed by atoms with Crippen LogP contribution in [0.25, 0.3) is 10.2 Å². The highest BCUT2D eigenvalue weighted by Gasteiger charge is 2.26. The zero-order valence-electron chi connectivity index (χ0n) is 13.9. The number of nitrogens with zero attached hydrogens (tertiary/aromatic N) is 5. The molecule has 0 spiro atoms. The van der Waals surface area contributed by atoms with Crippen molar-refractivity contribution in [2.75, 3.05) is 24.6 Å². The number of aryl methyl sites for hydroxylation is 2. The van der Waals surface area contributed by atoms with E-state index in [0.29, 0.717) is 18.4 Å². The summed E-state index contributed by atoms with van der Waals surface area (Å²) in [6, 6.07) is 4.12. The summed E-state index contributed by atoms with van der Waals surface area (Å²) in [6.45, 7) is 2.65. The number of ether oxygens (including phenoxy) is 1. The summed E-state index contributed by atoms with van der Waals surface area (Å²) in [5.74, 6) is 2.21. The van der Waals surface area contributed by atoms with Crippen LogP contribution in [0.4, 0.5) is 5.82 Å². The minimum atomic E-state index is 0.486. The maximum absolute atomic E-state index is 5.94. The fraction of sp³-hybridized carbons (Fsp3) is 0.444. The van der Waals surface area contributed by atoms with E-state index in [1.165, 1.54) is 16.7 Å². The summed E-state index contributed by atoms with van der Waals surface area (Å²) >= 11 is 1.71. The molecule has 1 aliphatic heterocycles. The van der Waals surface area contributed by atoms with Crippen LogP contribution in [-0.2, 0) is 12.8 Å². The second-order valence-corrected chi connectivity index (χ2v) is 7.67. The Hall–Kier alpha value is -2.28. The first-order valence-electron chi connectivity index (χ1n) is 8.78. The van der Waals surface area contributed by atoms with Crippen LogP contribution in [0.15, 0.2) is 23.8 Å². The first-order chi connectivity index (χ1) is 12.4. The number of rotatable bonds is 4. The molecular formula is C18H19N5OS. The highest BCUT2D eigenvalue weighted by atomic mass is 32.1. The van der Waals surface area contributed by atoms with Gasteiger partial charge in [-0.05, 0) is 42.7 Å². The minimum Gasteiger partial charge on any atom is -0.476 e. The quantitative estimate of drug-likeness (QED) is 0.719. The average Bonchev–Trinajstić information content (AvgIpc) is 3.38. The zero-order chi connectivity index (χ0) is 16.6. The summed E-state index contributed by atoms with van der Waals surface area (Å²) in [5.41, 5.74) is 3.48. The summed E-state index contributed by atoms with van der Waals surface area (Å²) in [7, 11) is 0. The van der Waals surface area contributed by atoms with E-state index in [9.17, 15) is 0 Å². The molecule has 0 saturated carbocycles. The van der Waals surface area contributed by atoms with Crippen molar-refractivity contribution in [3.8, 4) is 5.88 Å². The molecule has 1 aliphatic carbocycles. The molecule has 0 bridgehead atoms. The van der Waals surface area contributed by atoms with E-state index in [2.05, 4.69) is 36.5 Å². The van der Waals surface area contributed by atoms with Crippen molar-refractivity contribution in [2.24, 2.45) is 5.92 Å². The summed E-state index contributed by atoms with van der Waals surface area (Å²) in [4.78, 5) is 11.2. The van der Waals surface area contributed by atoms with Crippen LogP contribution in [0.5, 0.6) is 5.88 Å². The van der Waals surface area contributed by atoms with Crippen molar-refractivity contribution in [3.05, 3.63) is 35.1 Å². The summed E-state index contributed by atoms with van der Waals surface area (Å²) in [6.07, 6.45) is 6.10. The molecule has 3 aromatic heterocycles. The Labute approximate surface area is 149 Å². The van der Waals surface area contributed by atoms with Gasteiger partial charge in [-0.3, -0.25) is 0 Å². The summed E-state index contributed by atoms with van der Waals surface area (Å²) in [5, 5.41) is 10.6. The van der Waals surface area contributed by atoms with E-state index in [-0.39, 0.29) is 0 Å². The topological polar surface area (TPSA) is 64.0 Å². The molecule has 2 aliphatic rings. The SMILES string of the molecule is c1nc(N2CCC(COc3cc4c(nn3)CCC4)C2)c2sccc2n1. The molecule has 0 N–H and O–H groups in total. The number of fused-ring (bicyclic) bond motifs is 2. The molecule has 6 nitrogen and oxygen atoms in total. The van der Waals surface area contributed by atoms with Gasteiger partial charge in [0.05, 0.1) is 22.5 Å². The van der Waals surface area contributed by atoms with E-state index >= 15 is 0 Å². The van der Waals surface area contributed by atoms with Gasteiger partial charge < -0.3 is 9.64 Å². The maximum Gasteiger partial charge on any atom is 0.233 e. The molecule has 1 atom stereocenters. The smallest absolute Gasteiger partial charge is 0.233 e. The Morgan fingerprint density at radius 3 is 3.24 bits per heavy atom. The van der Waals surface area contributed by atoms with Crippen molar-refractivity contribution in [3.63, 3.8) is 0 Å². The van der Waals surface area contributed by atoms with Crippen LogP contribution >= 0.6 is 11.3 Å². The van der Waals surface area contributed by atoms with E-state index in [4.69, 9.17) is 4.74 Å². The minimum absolute atomic E-state index is 0.486. The van der Waals surface area contributed by atoms with Crippen LogP contribution in [0.3, 0.4) is 0 Å². The number of aromatic nitrogens is 4. The molecule has 1 saturated heterocycles. The third-order valence-corrected chi connectivity index (χ3v) is 5.97. The highest BCUT2D eigenvalue weighted by Crippen LogP contribution is 2.31.